The van der Waals surface area contributed by atoms with Crippen molar-refractivity contribution in [3.8, 4) is 0 Å². The van der Waals surface area contributed by atoms with Crippen LogP contribution in [0.3, 0.4) is 0 Å². The number of hydrogen-bond donors (Lipinski definition) is 2. The van der Waals surface area contributed by atoms with Crippen LogP contribution < -0.4 is 5.73 Å². The van der Waals surface area contributed by atoms with Crippen LogP contribution in [-0.2, 0) is 32.7 Å². The maximum Gasteiger partial charge on any atom is 0.472 e. The summed E-state index contributed by atoms with van der Waals surface area (Å²) < 4.78 is 31.8. The highest BCUT2D eigenvalue weighted by atomic mass is 31.2. The quantitative estimate of drug-likeness (QED) is 0.111. The van der Waals surface area contributed by atoms with Crippen molar-refractivity contribution in [1.29, 1.82) is 0 Å². The Kier molecular flexibility index (Phi) is 18.7. The average molecular weight is 466 g/mol. The van der Waals surface area contributed by atoms with Crippen molar-refractivity contribution < 1.29 is 37.6 Å². The number of rotatable bonds is 21. The maximum absolute atomic E-state index is 12.1. The van der Waals surface area contributed by atoms with Crippen LogP contribution in [0.4, 0.5) is 0 Å². The largest absolute Gasteiger partial charge is 0.472 e. The van der Waals surface area contributed by atoms with Crippen LogP contribution >= 0.6 is 7.82 Å². The second kappa shape index (κ2) is 19.4. The molecule has 0 saturated carbocycles. The summed E-state index contributed by atoms with van der Waals surface area (Å²) in [6, 6.07) is 0. The van der Waals surface area contributed by atoms with Gasteiger partial charge in [-0.25, -0.2) is 4.57 Å². The maximum atomic E-state index is 12.1. The summed E-state index contributed by atoms with van der Waals surface area (Å²) in [6.45, 7) is 4.92. The minimum Gasteiger partial charge on any atom is -0.462 e. The first-order valence-electron chi connectivity index (χ1n) is 11.1. The smallest absolute Gasteiger partial charge is 0.462 e. The highest BCUT2D eigenvalue weighted by molar-refractivity contribution is 7.47. The summed E-state index contributed by atoms with van der Waals surface area (Å²) in [7, 11) is -4.33. The molecule has 0 aliphatic carbocycles. The van der Waals surface area contributed by atoms with E-state index in [9.17, 15) is 19.0 Å². The lowest BCUT2D eigenvalue weighted by Crippen LogP contribution is -2.29. The predicted molar refractivity (Wildman–Crippen MR) is 118 cm³/mol. The van der Waals surface area contributed by atoms with Crippen LogP contribution in [0.2, 0.25) is 0 Å². The normalized spacial score (nSPS) is 13.9. The van der Waals surface area contributed by atoms with Gasteiger partial charge in [0.1, 0.15) is 6.61 Å². The molecule has 1 unspecified atom stereocenters. The second-order valence-electron chi connectivity index (χ2n) is 7.23. The summed E-state index contributed by atoms with van der Waals surface area (Å²) in [5.41, 5.74) is 5.24. The first kappa shape index (κ1) is 29.8. The number of allylic oxidation sites excluding steroid dienone is 1. The molecule has 0 spiro atoms. The van der Waals surface area contributed by atoms with Gasteiger partial charge in [0, 0.05) is 19.4 Å². The molecule has 0 aromatic carbocycles. The van der Waals surface area contributed by atoms with Crippen molar-refractivity contribution in [1.82, 2.24) is 0 Å². The van der Waals surface area contributed by atoms with E-state index in [1.165, 1.54) is 0 Å². The molecule has 0 rings (SSSR count). The van der Waals surface area contributed by atoms with Crippen molar-refractivity contribution in [2.24, 2.45) is 5.73 Å². The summed E-state index contributed by atoms with van der Waals surface area (Å²) >= 11 is 0. The molecule has 9 nitrogen and oxygen atoms in total. The lowest BCUT2D eigenvalue weighted by Gasteiger charge is -2.19. The number of esters is 2. The molecule has 0 heterocycles. The molecular formula is C21H40NO8P. The second-order valence-corrected chi connectivity index (χ2v) is 8.69. The fourth-order valence-electron chi connectivity index (χ4n) is 2.61. The van der Waals surface area contributed by atoms with Gasteiger partial charge in [-0.15, -0.1) is 6.58 Å². The summed E-state index contributed by atoms with van der Waals surface area (Å²) in [6.07, 6.45) is 9.73. The third-order valence-electron chi connectivity index (χ3n) is 4.30. The van der Waals surface area contributed by atoms with Gasteiger partial charge in [0.2, 0.25) is 0 Å². The van der Waals surface area contributed by atoms with Gasteiger partial charge in [-0.05, 0) is 25.7 Å². The molecule has 0 saturated heterocycles. The molecule has 0 fully saturated rings. The van der Waals surface area contributed by atoms with Crippen LogP contribution in [0, 0.1) is 0 Å². The highest BCUT2D eigenvalue weighted by Crippen LogP contribution is 2.43. The van der Waals surface area contributed by atoms with E-state index in [-0.39, 0.29) is 32.6 Å². The highest BCUT2D eigenvalue weighted by Gasteiger charge is 2.25. The van der Waals surface area contributed by atoms with Crippen molar-refractivity contribution in [3.63, 3.8) is 0 Å². The molecule has 0 aromatic heterocycles. The molecular weight excluding hydrogens is 425 g/mol. The zero-order valence-corrected chi connectivity index (χ0v) is 19.7. The number of hydrogen-bond acceptors (Lipinski definition) is 8. The van der Waals surface area contributed by atoms with Gasteiger partial charge in [-0.3, -0.25) is 18.6 Å². The Morgan fingerprint density at radius 1 is 1.00 bits per heavy atom. The molecule has 0 aromatic rings. The summed E-state index contributed by atoms with van der Waals surface area (Å²) in [4.78, 5) is 33.6. The van der Waals surface area contributed by atoms with Crippen LogP contribution in [0.15, 0.2) is 12.7 Å². The van der Waals surface area contributed by atoms with Gasteiger partial charge in [0.15, 0.2) is 6.10 Å². The van der Waals surface area contributed by atoms with E-state index in [1.807, 2.05) is 13.0 Å². The lowest BCUT2D eigenvalue weighted by atomic mass is 10.1. The Morgan fingerprint density at radius 3 is 2.32 bits per heavy atom. The molecule has 10 heteroatoms. The van der Waals surface area contributed by atoms with Crippen molar-refractivity contribution in [2.75, 3.05) is 26.4 Å². The van der Waals surface area contributed by atoms with E-state index < -0.39 is 32.5 Å². The molecule has 0 radical (unpaired) electrons. The first-order chi connectivity index (χ1) is 14.8. The van der Waals surface area contributed by atoms with Gasteiger partial charge >= 0.3 is 19.8 Å². The van der Waals surface area contributed by atoms with E-state index >= 15 is 0 Å². The number of unbranched alkanes of at least 4 members (excludes halogenated alkanes) is 7. The van der Waals surface area contributed by atoms with Crippen molar-refractivity contribution in [3.05, 3.63) is 12.7 Å². The van der Waals surface area contributed by atoms with E-state index in [2.05, 4.69) is 11.1 Å². The van der Waals surface area contributed by atoms with E-state index in [4.69, 9.17) is 19.7 Å². The fraction of sp³-hybridized carbons (Fsp3) is 0.810. The van der Waals surface area contributed by atoms with Gasteiger partial charge in [-0.2, -0.15) is 0 Å². The summed E-state index contributed by atoms with van der Waals surface area (Å²) in [5, 5.41) is 0. The van der Waals surface area contributed by atoms with E-state index in [0.29, 0.717) is 12.8 Å². The van der Waals surface area contributed by atoms with Gasteiger partial charge in [0.25, 0.3) is 0 Å². The number of carbonyl (C=O) groups excluding carboxylic acids is 2. The summed E-state index contributed by atoms with van der Waals surface area (Å²) in [5.74, 6) is -0.891. The number of phosphoric acid groups is 1. The molecule has 0 bridgehead atoms. The van der Waals surface area contributed by atoms with E-state index in [0.717, 1.165) is 44.9 Å². The van der Waals surface area contributed by atoms with E-state index in [1.54, 1.807) is 0 Å². The van der Waals surface area contributed by atoms with Gasteiger partial charge in [0.05, 0.1) is 13.2 Å². The SMILES string of the molecule is C=CCCCCCCCC(=O)O[C@H](COC(=O)CCCCC)COP(=O)(O)OCCN. The van der Waals surface area contributed by atoms with Gasteiger partial charge < -0.3 is 20.1 Å². The minimum absolute atomic E-state index is 0.0509. The van der Waals surface area contributed by atoms with Gasteiger partial charge in [-0.1, -0.05) is 45.1 Å². The Labute approximate surface area is 186 Å². The Balaban J connectivity index is 4.46. The molecule has 0 amide bonds. The number of nitrogens with two attached hydrogens (primary N) is 1. The van der Waals surface area contributed by atoms with Crippen LogP contribution in [0.1, 0.15) is 77.6 Å². The third kappa shape index (κ3) is 19.2. The van der Waals surface area contributed by atoms with Crippen molar-refractivity contribution >= 4 is 19.8 Å². The van der Waals surface area contributed by atoms with Crippen LogP contribution in [0.25, 0.3) is 0 Å². The fourth-order valence-corrected chi connectivity index (χ4v) is 3.37. The minimum atomic E-state index is -4.33. The molecule has 0 aliphatic rings. The standard InChI is InChI=1S/C21H40NO8P/c1-3-5-7-8-9-10-12-14-21(24)30-19(17-27-20(23)13-11-6-4-2)18-29-31(25,26)28-16-15-22/h3,19H,1,4-18,22H2,2H3,(H,25,26)/t19-/m1/s1. The zero-order valence-electron chi connectivity index (χ0n) is 18.8. The Bertz CT molecular complexity index is 543. The predicted octanol–water partition coefficient (Wildman–Crippen LogP) is 4.03. The topological polar surface area (TPSA) is 134 Å². The number of phosphoric ester groups is 1. The molecule has 31 heavy (non-hydrogen) atoms. The monoisotopic (exact) mass is 465 g/mol. The number of ether oxygens (including phenoxy) is 2. The molecule has 182 valence electrons. The molecule has 3 N–H and O–H groups in total. The van der Waals surface area contributed by atoms with Crippen molar-refractivity contribution in [2.45, 2.75) is 83.7 Å². The van der Waals surface area contributed by atoms with Crippen LogP contribution in [0.5, 0.6) is 0 Å². The third-order valence-corrected chi connectivity index (χ3v) is 5.28. The molecule has 0 aliphatic heterocycles. The molecule has 2 atom stereocenters. The average Bonchev–Trinajstić information content (AvgIpc) is 2.73. The first-order valence-corrected chi connectivity index (χ1v) is 12.6. The lowest BCUT2D eigenvalue weighted by molar-refractivity contribution is -0.161. The number of carbonyl (C=O) groups is 2. The Morgan fingerprint density at radius 2 is 1.65 bits per heavy atom. The van der Waals surface area contributed by atoms with Crippen LogP contribution in [-0.4, -0.2) is 49.3 Å². The Hall–Kier alpha value is -1.25. The zero-order chi connectivity index (χ0) is 23.4.